The van der Waals surface area contributed by atoms with Crippen LogP contribution in [0.5, 0.6) is 0 Å². The van der Waals surface area contributed by atoms with Crippen LogP contribution in [0.25, 0.3) is 0 Å². The van der Waals surface area contributed by atoms with E-state index in [0.29, 0.717) is 17.1 Å². The average Bonchev–Trinajstić information content (AvgIpc) is 2.43. The zero-order chi connectivity index (χ0) is 14.7. The average molecular weight is 291 g/mol. The van der Waals surface area contributed by atoms with Crippen molar-refractivity contribution in [2.24, 2.45) is 7.05 Å². The minimum Gasteiger partial charge on any atom is -0.337 e. The maximum atomic E-state index is 12.2. The Morgan fingerprint density at radius 1 is 1.25 bits per heavy atom. The highest BCUT2D eigenvalue weighted by atomic mass is 35.5. The van der Waals surface area contributed by atoms with Gasteiger partial charge in [0.05, 0.1) is 0 Å². The number of hydrogen-bond donors (Lipinski definition) is 0. The van der Waals surface area contributed by atoms with Gasteiger partial charge in [0.25, 0.3) is 11.5 Å². The third-order valence-electron chi connectivity index (χ3n) is 3.03. The van der Waals surface area contributed by atoms with Crippen LogP contribution in [0.3, 0.4) is 0 Å². The number of pyridine rings is 1. The number of carbonyl (C=O) groups is 1. The zero-order valence-electron chi connectivity index (χ0n) is 11.3. The first kappa shape index (κ1) is 14.3. The Kier molecular flexibility index (Phi) is 4.25. The molecule has 2 aromatic rings. The van der Waals surface area contributed by atoms with E-state index in [0.717, 1.165) is 5.56 Å². The molecule has 104 valence electrons. The molecule has 1 heterocycles. The molecule has 0 fully saturated rings. The lowest BCUT2D eigenvalue weighted by Crippen LogP contribution is -2.28. The first-order chi connectivity index (χ1) is 9.47. The van der Waals surface area contributed by atoms with Gasteiger partial charge in [-0.2, -0.15) is 0 Å². The van der Waals surface area contributed by atoms with E-state index in [1.165, 1.54) is 10.6 Å². The van der Waals surface area contributed by atoms with Crippen LogP contribution in [0.15, 0.2) is 47.4 Å². The largest absolute Gasteiger partial charge is 0.337 e. The molecule has 20 heavy (non-hydrogen) atoms. The highest BCUT2D eigenvalue weighted by Gasteiger charge is 2.12. The molecule has 0 radical (unpaired) electrons. The number of rotatable bonds is 3. The number of benzene rings is 1. The number of amides is 1. The van der Waals surface area contributed by atoms with E-state index >= 15 is 0 Å². The van der Waals surface area contributed by atoms with Crippen molar-refractivity contribution >= 4 is 17.5 Å². The van der Waals surface area contributed by atoms with Crippen molar-refractivity contribution in [1.82, 2.24) is 9.47 Å². The van der Waals surface area contributed by atoms with E-state index in [2.05, 4.69) is 0 Å². The molecule has 2 rings (SSSR count). The zero-order valence-corrected chi connectivity index (χ0v) is 12.1. The van der Waals surface area contributed by atoms with Gasteiger partial charge >= 0.3 is 0 Å². The fourth-order valence-electron chi connectivity index (χ4n) is 1.84. The van der Waals surface area contributed by atoms with Crippen molar-refractivity contribution in [2.75, 3.05) is 7.05 Å². The number of aromatic nitrogens is 1. The third kappa shape index (κ3) is 3.27. The topological polar surface area (TPSA) is 42.3 Å². The van der Waals surface area contributed by atoms with E-state index in [9.17, 15) is 9.59 Å². The summed E-state index contributed by atoms with van der Waals surface area (Å²) in [5.41, 5.74) is 1.18. The van der Waals surface area contributed by atoms with Gasteiger partial charge in [-0.3, -0.25) is 9.59 Å². The molecule has 0 unspecified atom stereocenters. The number of carbonyl (C=O) groups excluding carboxylic acids is 1. The smallest absolute Gasteiger partial charge is 0.254 e. The van der Waals surface area contributed by atoms with E-state index < -0.39 is 0 Å². The number of nitrogens with zero attached hydrogens (tertiary/aromatic N) is 2. The Hall–Kier alpha value is -2.07. The summed E-state index contributed by atoms with van der Waals surface area (Å²) in [5.74, 6) is -0.183. The van der Waals surface area contributed by atoms with Crippen molar-refractivity contribution in [3.63, 3.8) is 0 Å². The van der Waals surface area contributed by atoms with Crippen LogP contribution in [-0.2, 0) is 13.6 Å². The van der Waals surface area contributed by atoms with Crippen LogP contribution in [0, 0.1) is 0 Å². The fourth-order valence-corrected chi connectivity index (χ4v) is 1.96. The molecule has 0 spiro atoms. The Morgan fingerprint density at radius 2 is 1.90 bits per heavy atom. The quantitative estimate of drug-likeness (QED) is 0.870. The van der Waals surface area contributed by atoms with Gasteiger partial charge in [-0.25, -0.2) is 0 Å². The molecule has 4 nitrogen and oxygen atoms in total. The second-order valence-electron chi connectivity index (χ2n) is 4.65. The summed E-state index contributed by atoms with van der Waals surface area (Å²) >= 11 is 5.82. The Bertz CT molecular complexity index is 677. The van der Waals surface area contributed by atoms with Crippen LogP contribution >= 0.6 is 11.6 Å². The van der Waals surface area contributed by atoms with Gasteiger partial charge in [-0.05, 0) is 23.8 Å². The van der Waals surface area contributed by atoms with Gasteiger partial charge in [0.1, 0.15) is 0 Å². The lowest BCUT2D eigenvalue weighted by Gasteiger charge is -2.17. The van der Waals surface area contributed by atoms with Gasteiger partial charge in [-0.1, -0.05) is 23.7 Å². The number of halogens is 1. The fraction of sp³-hybridized carbons (Fsp3) is 0.200. The molecule has 0 atom stereocenters. The molecule has 1 aromatic carbocycles. The lowest BCUT2D eigenvalue weighted by molar-refractivity contribution is 0.0785. The first-order valence-corrected chi connectivity index (χ1v) is 6.52. The first-order valence-electron chi connectivity index (χ1n) is 6.14. The standard InChI is InChI=1S/C15H15ClN2O2/c1-17-8-7-12(9-14(17)19)15(20)18(2)10-11-3-5-13(16)6-4-11/h3-9H,10H2,1-2H3. The highest BCUT2D eigenvalue weighted by molar-refractivity contribution is 6.30. The second kappa shape index (κ2) is 5.92. The van der Waals surface area contributed by atoms with Crippen LogP contribution in [0.2, 0.25) is 5.02 Å². The molecule has 0 N–H and O–H groups in total. The molecule has 0 bridgehead atoms. The Morgan fingerprint density at radius 3 is 2.50 bits per heavy atom. The van der Waals surface area contributed by atoms with Gasteiger partial charge in [0.15, 0.2) is 0 Å². The summed E-state index contributed by atoms with van der Waals surface area (Å²) in [5, 5.41) is 0.661. The predicted molar refractivity (Wildman–Crippen MR) is 78.9 cm³/mol. The molecule has 0 saturated carbocycles. The molecule has 0 aliphatic rings. The summed E-state index contributed by atoms with van der Waals surface area (Å²) in [6, 6.07) is 10.3. The molecule has 1 amide bonds. The van der Waals surface area contributed by atoms with Crippen molar-refractivity contribution in [3.05, 3.63) is 69.1 Å². The third-order valence-corrected chi connectivity index (χ3v) is 3.28. The van der Waals surface area contributed by atoms with Crippen molar-refractivity contribution in [2.45, 2.75) is 6.54 Å². The lowest BCUT2D eigenvalue weighted by atomic mass is 10.2. The van der Waals surface area contributed by atoms with E-state index in [4.69, 9.17) is 11.6 Å². The number of aryl methyl sites for hydroxylation is 1. The van der Waals surface area contributed by atoms with Crippen molar-refractivity contribution in [3.8, 4) is 0 Å². The molecule has 0 saturated heterocycles. The maximum Gasteiger partial charge on any atom is 0.254 e. The molecule has 1 aromatic heterocycles. The minimum absolute atomic E-state index is 0.183. The normalized spacial score (nSPS) is 10.3. The number of hydrogen-bond acceptors (Lipinski definition) is 2. The maximum absolute atomic E-state index is 12.2. The summed E-state index contributed by atoms with van der Waals surface area (Å²) in [7, 11) is 3.35. The summed E-state index contributed by atoms with van der Waals surface area (Å²) in [6.45, 7) is 0.464. The van der Waals surface area contributed by atoms with Crippen LogP contribution in [-0.4, -0.2) is 22.4 Å². The van der Waals surface area contributed by atoms with Gasteiger partial charge in [0.2, 0.25) is 0 Å². The van der Waals surface area contributed by atoms with Gasteiger partial charge < -0.3 is 9.47 Å². The van der Waals surface area contributed by atoms with Gasteiger partial charge in [-0.15, -0.1) is 0 Å². The summed E-state index contributed by atoms with van der Waals surface area (Å²) < 4.78 is 1.43. The molecule has 0 aliphatic carbocycles. The molecular formula is C15H15ClN2O2. The summed E-state index contributed by atoms with van der Waals surface area (Å²) in [6.07, 6.45) is 1.59. The van der Waals surface area contributed by atoms with E-state index in [1.54, 1.807) is 43.4 Å². The second-order valence-corrected chi connectivity index (χ2v) is 5.09. The predicted octanol–water partition coefficient (Wildman–Crippen LogP) is 2.31. The molecule has 5 heteroatoms. The van der Waals surface area contributed by atoms with Crippen molar-refractivity contribution < 1.29 is 4.79 Å². The molecule has 0 aliphatic heterocycles. The summed E-state index contributed by atoms with van der Waals surface area (Å²) in [4.78, 5) is 25.3. The highest BCUT2D eigenvalue weighted by Crippen LogP contribution is 2.12. The van der Waals surface area contributed by atoms with Crippen LogP contribution in [0.1, 0.15) is 15.9 Å². The molecular weight excluding hydrogens is 276 g/mol. The minimum atomic E-state index is -0.198. The van der Waals surface area contributed by atoms with Crippen LogP contribution < -0.4 is 5.56 Å². The Labute approximate surface area is 122 Å². The van der Waals surface area contributed by atoms with E-state index in [1.807, 2.05) is 12.1 Å². The van der Waals surface area contributed by atoms with Crippen LogP contribution in [0.4, 0.5) is 0 Å². The van der Waals surface area contributed by atoms with Crippen molar-refractivity contribution in [1.29, 1.82) is 0 Å². The monoisotopic (exact) mass is 290 g/mol. The van der Waals surface area contributed by atoms with Gasteiger partial charge in [0, 0.05) is 43.5 Å². The Balaban J connectivity index is 2.14. The van der Waals surface area contributed by atoms with E-state index in [-0.39, 0.29) is 11.5 Å². The SMILES string of the molecule is CN(Cc1ccc(Cl)cc1)C(=O)c1ccn(C)c(=O)c1.